The lowest BCUT2D eigenvalue weighted by Crippen LogP contribution is -2.48. The molecule has 148 valence electrons. The topological polar surface area (TPSA) is 38.8 Å². The van der Waals surface area contributed by atoms with Crippen LogP contribution in [-0.4, -0.2) is 61.5 Å². The zero-order valence-electron chi connectivity index (χ0n) is 16.5. The highest BCUT2D eigenvalue weighted by Crippen LogP contribution is 2.22. The number of rotatable bonds is 6. The van der Waals surface area contributed by atoms with E-state index in [0.29, 0.717) is 6.54 Å². The predicted octanol–water partition coefficient (Wildman–Crippen LogP) is 3.04. The normalized spacial score (nSPS) is 18.4. The van der Waals surface area contributed by atoms with Gasteiger partial charge in [-0.05, 0) is 42.7 Å². The van der Waals surface area contributed by atoms with Crippen molar-refractivity contribution in [3.63, 3.8) is 0 Å². The Bertz CT molecular complexity index is 748. The lowest BCUT2D eigenvalue weighted by Gasteiger charge is -2.34. The molecule has 2 aliphatic heterocycles. The summed E-state index contributed by atoms with van der Waals surface area (Å²) in [6, 6.07) is 18.9. The first kappa shape index (κ1) is 19.0. The minimum Gasteiger partial charge on any atom is -0.372 e. The van der Waals surface area contributed by atoms with E-state index in [1.165, 1.54) is 24.1 Å². The quantitative estimate of drug-likeness (QED) is 0.839. The number of benzene rings is 2. The van der Waals surface area contributed by atoms with Crippen molar-refractivity contribution in [2.75, 3.05) is 56.0 Å². The minimum atomic E-state index is 0.0745. The first-order valence-electron chi connectivity index (χ1n) is 10.4. The maximum absolute atomic E-state index is 12.4. The van der Waals surface area contributed by atoms with Crippen LogP contribution >= 0.6 is 0 Å². The number of hydrogen-bond acceptors (Lipinski definition) is 4. The Hall–Kier alpha value is -2.37. The maximum Gasteiger partial charge on any atom is 0.238 e. The van der Waals surface area contributed by atoms with Gasteiger partial charge < -0.3 is 10.2 Å². The van der Waals surface area contributed by atoms with Gasteiger partial charge in [0.1, 0.15) is 0 Å². The van der Waals surface area contributed by atoms with Crippen LogP contribution in [0.4, 0.5) is 11.4 Å². The smallest absolute Gasteiger partial charge is 0.238 e. The number of piperazine rings is 1. The summed E-state index contributed by atoms with van der Waals surface area (Å²) in [4.78, 5) is 19.5. The Kier molecular flexibility index (Phi) is 6.24. The summed E-state index contributed by atoms with van der Waals surface area (Å²) in [6.07, 6.45) is 2.55. The third-order valence-corrected chi connectivity index (χ3v) is 5.70. The molecule has 0 bridgehead atoms. The van der Waals surface area contributed by atoms with Gasteiger partial charge in [0.25, 0.3) is 0 Å². The zero-order valence-corrected chi connectivity index (χ0v) is 16.5. The van der Waals surface area contributed by atoms with Crippen molar-refractivity contribution in [3.05, 3.63) is 60.2 Å². The SMILES string of the molecule is O=C(CN1CCN(Cc2ccccc2)CC1)Nc1ccc(N2CCCC2)cc1. The van der Waals surface area contributed by atoms with E-state index in [0.717, 1.165) is 51.5 Å². The number of carbonyl (C=O) groups excluding carboxylic acids is 1. The van der Waals surface area contributed by atoms with Gasteiger partial charge in [-0.3, -0.25) is 14.6 Å². The second-order valence-corrected chi connectivity index (χ2v) is 7.83. The van der Waals surface area contributed by atoms with E-state index >= 15 is 0 Å². The van der Waals surface area contributed by atoms with Crippen LogP contribution in [0.15, 0.2) is 54.6 Å². The largest absolute Gasteiger partial charge is 0.372 e. The van der Waals surface area contributed by atoms with Crippen LogP contribution in [0.5, 0.6) is 0 Å². The fraction of sp³-hybridized carbons (Fsp3) is 0.435. The molecule has 2 aliphatic rings. The maximum atomic E-state index is 12.4. The summed E-state index contributed by atoms with van der Waals surface area (Å²) in [5.41, 5.74) is 3.49. The second-order valence-electron chi connectivity index (χ2n) is 7.83. The first-order valence-corrected chi connectivity index (χ1v) is 10.4. The van der Waals surface area contributed by atoms with Crippen molar-refractivity contribution in [3.8, 4) is 0 Å². The van der Waals surface area contributed by atoms with Crippen molar-refractivity contribution in [2.24, 2.45) is 0 Å². The van der Waals surface area contributed by atoms with Gasteiger partial charge in [0, 0.05) is 57.2 Å². The lowest BCUT2D eigenvalue weighted by molar-refractivity contribution is -0.117. The highest BCUT2D eigenvalue weighted by molar-refractivity contribution is 5.92. The molecule has 5 heteroatoms. The third kappa shape index (κ3) is 5.12. The molecular formula is C23H30N4O. The molecule has 5 nitrogen and oxygen atoms in total. The molecule has 0 unspecified atom stereocenters. The van der Waals surface area contributed by atoms with Crippen LogP contribution in [-0.2, 0) is 11.3 Å². The Balaban J connectivity index is 1.20. The van der Waals surface area contributed by atoms with Crippen molar-refractivity contribution < 1.29 is 4.79 Å². The van der Waals surface area contributed by atoms with Crippen LogP contribution in [0.3, 0.4) is 0 Å². The van der Waals surface area contributed by atoms with E-state index in [2.05, 4.69) is 62.5 Å². The van der Waals surface area contributed by atoms with E-state index in [-0.39, 0.29) is 5.91 Å². The Morgan fingerprint density at radius 1 is 0.786 bits per heavy atom. The number of nitrogens with zero attached hydrogens (tertiary/aromatic N) is 3. The van der Waals surface area contributed by atoms with Gasteiger partial charge in [-0.25, -0.2) is 0 Å². The Morgan fingerprint density at radius 2 is 1.43 bits per heavy atom. The number of amides is 1. The van der Waals surface area contributed by atoms with Crippen LogP contribution in [0, 0.1) is 0 Å². The van der Waals surface area contributed by atoms with Gasteiger partial charge in [-0.15, -0.1) is 0 Å². The Labute approximate surface area is 167 Å². The molecule has 2 saturated heterocycles. The van der Waals surface area contributed by atoms with Gasteiger partial charge in [-0.2, -0.15) is 0 Å². The third-order valence-electron chi connectivity index (χ3n) is 5.70. The summed E-state index contributed by atoms with van der Waals surface area (Å²) in [7, 11) is 0. The summed E-state index contributed by atoms with van der Waals surface area (Å²) in [5, 5.41) is 3.05. The van der Waals surface area contributed by atoms with Crippen LogP contribution in [0.2, 0.25) is 0 Å². The molecule has 0 aliphatic carbocycles. The molecule has 2 fully saturated rings. The molecule has 0 radical (unpaired) electrons. The fourth-order valence-electron chi connectivity index (χ4n) is 4.08. The molecule has 1 amide bonds. The van der Waals surface area contributed by atoms with E-state index in [9.17, 15) is 4.79 Å². The number of carbonyl (C=O) groups is 1. The van der Waals surface area contributed by atoms with Gasteiger partial charge >= 0.3 is 0 Å². The molecule has 0 spiro atoms. The van der Waals surface area contributed by atoms with E-state index in [1.54, 1.807) is 0 Å². The van der Waals surface area contributed by atoms with Gasteiger partial charge in [0.2, 0.25) is 5.91 Å². The van der Waals surface area contributed by atoms with Crippen molar-refractivity contribution in [2.45, 2.75) is 19.4 Å². The highest BCUT2D eigenvalue weighted by Gasteiger charge is 2.19. The van der Waals surface area contributed by atoms with Crippen molar-refractivity contribution in [1.29, 1.82) is 0 Å². The molecule has 2 aromatic rings. The fourth-order valence-corrected chi connectivity index (χ4v) is 4.08. The average molecular weight is 379 g/mol. The standard InChI is InChI=1S/C23H30N4O/c28-23(24-21-8-10-22(11-9-21)27-12-4-5-13-27)19-26-16-14-25(15-17-26)18-20-6-2-1-3-7-20/h1-3,6-11H,4-5,12-19H2,(H,24,28). The monoisotopic (exact) mass is 378 g/mol. The number of hydrogen-bond donors (Lipinski definition) is 1. The second kappa shape index (κ2) is 9.22. The van der Waals surface area contributed by atoms with E-state index < -0.39 is 0 Å². The molecule has 2 aromatic carbocycles. The molecule has 0 atom stereocenters. The van der Waals surface area contributed by atoms with Crippen LogP contribution < -0.4 is 10.2 Å². The predicted molar refractivity (Wildman–Crippen MR) is 115 cm³/mol. The minimum absolute atomic E-state index is 0.0745. The first-order chi connectivity index (χ1) is 13.8. The summed E-state index contributed by atoms with van der Waals surface area (Å²) >= 11 is 0. The summed E-state index contributed by atoms with van der Waals surface area (Å²) in [5.74, 6) is 0.0745. The Morgan fingerprint density at radius 3 is 2.11 bits per heavy atom. The molecular weight excluding hydrogens is 348 g/mol. The molecule has 0 saturated carbocycles. The molecule has 0 aromatic heterocycles. The zero-order chi connectivity index (χ0) is 19.2. The van der Waals surface area contributed by atoms with Gasteiger partial charge in [0.05, 0.1) is 6.54 Å². The average Bonchev–Trinajstić information content (AvgIpc) is 3.26. The molecule has 2 heterocycles. The van der Waals surface area contributed by atoms with Gasteiger partial charge in [-0.1, -0.05) is 30.3 Å². The molecule has 1 N–H and O–H groups in total. The van der Waals surface area contributed by atoms with Crippen molar-refractivity contribution in [1.82, 2.24) is 9.80 Å². The van der Waals surface area contributed by atoms with Crippen molar-refractivity contribution >= 4 is 17.3 Å². The number of anilines is 2. The van der Waals surface area contributed by atoms with Gasteiger partial charge in [0.15, 0.2) is 0 Å². The molecule has 4 rings (SSSR count). The summed E-state index contributed by atoms with van der Waals surface area (Å²) in [6.45, 7) is 7.63. The van der Waals surface area contributed by atoms with E-state index in [1.807, 2.05) is 12.1 Å². The lowest BCUT2D eigenvalue weighted by atomic mass is 10.2. The summed E-state index contributed by atoms with van der Waals surface area (Å²) < 4.78 is 0. The number of nitrogens with one attached hydrogen (secondary N) is 1. The van der Waals surface area contributed by atoms with E-state index in [4.69, 9.17) is 0 Å². The van der Waals surface area contributed by atoms with Crippen LogP contribution in [0.25, 0.3) is 0 Å². The highest BCUT2D eigenvalue weighted by atomic mass is 16.2. The molecule has 28 heavy (non-hydrogen) atoms. The van der Waals surface area contributed by atoms with Crippen LogP contribution in [0.1, 0.15) is 18.4 Å².